The van der Waals surface area contributed by atoms with Crippen molar-refractivity contribution in [2.24, 2.45) is 0 Å². The maximum absolute atomic E-state index is 2.34. The summed E-state index contributed by atoms with van der Waals surface area (Å²) < 4.78 is 0. The van der Waals surface area contributed by atoms with Gasteiger partial charge in [0.2, 0.25) is 0 Å². The van der Waals surface area contributed by atoms with E-state index >= 15 is 0 Å². The lowest BCUT2D eigenvalue weighted by molar-refractivity contribution is 1.28. The van der Waals surface area contributed by atoms with Gasteiger partial charge in [-0.15, -0.1) is 0 Å². The highest BCUT2D eigenvalue weighted by Gasteiger charge is 2.16. The molecule has 56 heavy (non-hydrogen) atoms. The molecule has 266 valence electrons. The molecule has 9 aromatic carbocycles. The molecular weight excluding hydrogens is 677 g/mol. The van der Waals surface area contributed by atoms with Gasteiger partial charge in [0.15, 0.2) is 0 Å². The van der Waals surface area contributed by atoms with Gasteiger partial charge in [0.1, 0.15) is 0 Å². The first-order valence-corrected chi connectivity index (χ1v) is 19.1. The van der Waals surface area contributed by atoms with Crippen LogP contribution in [0.4, 0.5) is 34.1 Å². The number of hydrogen-bond acceptors (Lipinski definition) is 2. The molecule has 0 heterocycles. The lowest BCUT2D eigenvalue weighted by Crippen LogP contribution is -2.10. The number of fused-ring (bicyclic) bond motifs is 1. The van der Waals surface area contributed by atoms with Gasteiger partial charge in [-0.1, -0.05) is 176 Å². The lowest BCUT2D eigenvalue weighted by Gasteiger charge is -2.27. The lowest BCUT2D eigenvalue weighted by atomic mass is 10.0. The van der Waals surface area contributed by atoms with Crippen molar-refractivity contribution in [2.45, 2.75) is 0 Å². The van der Waals surface area contributed by atoms with Gasteiger partial charge in [0.05, 0.1) is 5.69 Å². The van der Waals surface area contributed by atoms with Crippen molar-refractivity contribution < 1.29 is 0 Å². The van der Waals surface area contributed by atoms with E-state index in [0.717, 1.165) is 45.3 Å². The molecule has 0 atom stereocenters. The molecule has 0 N–H and O–H groups in total. The number of anilines is 6. The summed E-state index contributed by atoms with van der Waals surface area (Å²) in [5.41, 5.74) is 13.8. The zero-order chi connectivity index (χ0) is 37.5. The van der Waals surface area contributed by atoms with Crippen molar-refractivity contribution in [1.82, 2.24) is 0 Å². The molecule has 9 aromatic rings. The summed E-state index contributed by atoms with van der Waals surface area (Å²) in [6.45, 7) is 0. The molecule has 0 aliphatic carbocycles. The van der Waals surface area contributed by atoms with Gasteiger partial charge in [-0.05, 0) is 105 Å². The van der Waals surface area contributed by atoms with Crippen LogP contribution in [0.5, 0.6) is 0 Å². The molecule has 2 heteroatoms. The molecular formula is C54H40N2. The number of nitrogens with zero attached hydrogens (tertiary/aromatic N) is 2. The topological polar surface area (TPSA) is 6.48 Å². The van der Waals surface area contributed by atoms with Crippen molar-refractivity contribution in [1.29, 1.82) is 0 Å². The van der Waals surface area contributed by atoms with Gasteiger partial charge in [0, 0.05) is 33.8 Å². The molecule has 0 aliphatic heterocycles. The minimum atomic E-state index is 1.10. The normalized spacial score (nSPS) is 11.1. The standard InChI is InChI=1S/C54H40N2/c1-4-13-43(14-5-1)45-29-37-50(38-30-45)55(51-39-31-46(32-40-51)44-15-6-2-7-16-44)49-33-25-41(26-34-49)23-24-42-27-35-52(36-28-42)56(48-19-8-3-9-20-48)54-22-12-18-47-17-10-11-21-53(47)54/h1-40H. The van der Waals surface area contributed by atoms with Gasteiger partial charge in [0.25, 0.3) is 0 Å². The zero-order valence-electron chi connectivity index (χ0n) is 31.0. The van der Waals surface area contributed by atoms with E-state index < -0.39 is 0 Å². The fraction of sp³-hybridized carbons (Fsp3) is 0. The molecule has 0 saturated heterocycles. The van der Waals surface area contributed by atoms with Gasteiger partial charge < -0.3 is 9.80 Å². The number of hydrogen-bond donors (Lipinski definition) is 0. The molecule has 0 fully saturated rings. The average Bonchev–Trinajstić information content (AvgIpc) is 3.28. The summed E-state index contributed by atoms with van der Waals surface area (Å²) in [7, 11) is 0. The highest BCUT2D eigenvalue weighted by molar-refractivity contribution is 5.99. The molecule has 0 spiro atoms. The quantitative estimate of drug-likeness (QED) is 0.130. The number of para-hydroxylation sites is 1. The third-order valence-corrected chi connectivity index (χ3v) is 10.3. The van der Waals surface area contributed by atoms with Gasteiger partial charge in [-0.3, -0.25) is 0 Å². The first-order valence-electron chi connectivity index (χ1n) is 19.1. The zero-order valence-corrected chi connectivity index (χ0v) is 31.0. The minimum Gasteiger partial charge on any atom is -0.311 e. The molecule has 9 rings (SSSR count). The summed E-state index contributed by atoms with van der Waals surface area (Å²) in [6.07, 6.45) is 4.37. The van der Waals surface area contributed by atoms with Crippen molar-refractivity contribution >= 4 is 57.0 Å². The van der Waals surface area contributed by atoms with E-state index in [9.17, 15) is 0 Å². The fourth-order valence-corrected chi connectivity index (χ4v) is 7.38. The highest BCUT2D eigenvalue weighted by Crippen LogP contribution is 2.40. The largest absolute Gasteiger partial charge is 0.311 e. The number of benzene rings is 9. The van der Waals surface area contributed by atoms with Crippen molar-refractivity contribution in [3.63, 3.8) is 0 Å². The predicted molar refractivity (Wildman–Crippen MR) is 240 cm³/mol. The van der Waals surface area contributed by atoms with Crippen LogP contribution in [-0.4, -0.2) is 0 Å². The molecule has 0 unspecified atom stereocenters. The summed E-state index contributed by atoms with van der Waals surface area (Å²) in [4.78, 5) is 4.66. The molecule has 0 aromatic heterocycles. The summed E-state index contributed by atoms with van der Waals surface area (Å²) in [5.74, 6) is 0. The molecule has 0 bridgehead atoms. The van der Waals surface area contributed by atoms with E-state index in [4.69, 9.17) is 0 Å². The Bertz CT molecular complexity index is 2600. The molecule has 2 nitrogen and oxygen atoms in total. The van der Waals surface area contributed by atoms with Gasteiger partial charge in [-0.25, -0.2) is 0 Å². The van der Waals surface area contributed by atoms with Crippen LogP contribution in [0.15, 0.2) is 231 Å². The van der Waals surface area contributed by atoms with Crippen LogP contribution in [0, 0.1) is 0 Å². The van der Waals surface area contributed by atoms with Crippen LogP contribution < -0.4 is 9.80 Å². The van der Waals surface area contributed by atoms with Crippen LogP contribution in [0.25, 0.3) is 45.2 Å². The van der Waals surface area contributed by atoms with E-state index in [1.165, 1.54) is 33.0 Å². The van der Waals surface area contributed by atoms with Gasteiger partial charge >= 0.3 is 0 Å². The maximum atomic E-state index is 2.34. The average molecular weight is 717 g/mol. The Kier molecular flexibility index (Phi) is 9.75. The Labute approximate surface area is 329 Å². The third-order valence-electron chi connectivity index (χ3n) is 10.3. The summed E-state index contributed by atoms with van der Waals surface area (Å²) in [5, 5.41) is 2.44. The van der Waals surface area contributed by atoms with E-state index in [-0.39, 0.29) is 0 Å². The van der Waals surface area contributed by atoms with Crippen LogP contribution in [0.3, 0.4) is 0 Å². The second-order valence-electron chi connectivity index (χ2n) is 13.8. The molecule has 0 radical (unpaired) electrons. The Morgan fingerprint density at radius 1 is 0.250 bits per heavy atom. The Hall–Kier alpha value is -7.42. The maximum Gasteiger partial charge on any atom is 0.0540 e. The SMILES string of the molecule is C(=Cc1ccc(N(c2ccccc2)c2cccc3ccccc23)cc1)c1ccc(N(c2ccc(-c3ccccc3)cc2)c2ccc(-c3ccccc3)cc2)cc1. The Morgan fingerprint density at radius 2 is 0.607 bits per heavy atom. The number of rotatable bonds is 10. The minimum absolute atomic E-state index is 1.10. The second-order valence-corrected chi connectivity index (χ2v) is 13.8. The van der Waals surface area contributed by atoms with Crippen LogP contribution in [0.1, 0.15) is 11.1 Å². The van der Waals surface area contributed by atoms with Crippen molar-refractivity contribution in [2.75, 3.05) is 9.80 Å². The van der Waals surface area contributed by atoms with Crippen LogP contribution in [-0.2, 0) is 0 Å². The van der Waals surface area contributed by atoms with E-state index in [1.54, 1.807) is 0 Å². The fourth-order valence-electron chi connectivity index (χ4n) is 7.38. The smallest absolute Gasteiger partial charge is 0.0540 e. The second kappa shape index (κ2) is 15.9. The van der Waals surface area contributed by atoms with Crippen LogP contribution >= 0.6 is 0 Å². The predicted octanol–water partition coefficient (Wildman–Crippen LogP) is 15.3. The van der Waals surface area contributed by atoms with E-state index in [1.807, 2.05) is 0 Å². The first kappa shape index (κ1) is 34.4. The van der Waals surface area contributed by atoms with E-state index in [2.05, 4.69) is 252 Å². The Morgan fingerprint density at radius 3 is 1.11 bits per heavy atom. The Balaban J connectivity index is 0.987. The summed E-state index contributed by atoms with van der Waals surface area (Å²) in [6, 6.07) is 82.1. The molecule has 0 amide bonds. The summed E-state index contributed by atoms with van der Waals surface area (Å²) >= 11 is 0. The van der Waals surface area contributed by atoms with E-state index in [0.29, 0.717) is 0 Å². The molecule has 0 aliphatic rings. The van der Waals surface area contributed by atoms with Crippen LogP contribution in [0.2, 0.25) is 0 Å². The first-order chi connectivity index (χ1) is 27.8. The third kappa shape index (κ3) is 7.37. The van der Waals surface area contributed by atoms with Gasteiger partial charge in [-0.2, -0.15) is 0 Å². The highest BCUT2D eigenvalue weighted by atomic mass is 15.1. The molecule has 0 saturated carbocycles. The monoisotopic (exact) mass is 716 g/mol. The van der Waals surface area contributed by atoms with Crippen molar-refractivity contribution in [3.8, 4) is 22.3 Å². The van der Waals surface area contributed by atoms with Crippen molar-refractivity contribution in [3.05, 3.63) is 242 Å².